The third kappa shape index (κ3) is 4.06. The van der Waals surface area contributed by atoms with Gasteiger partial charge in [0.15, 0.2) is 0 Å². The van der Waals surface area contributed by atoms with Gasteiger partial charge in [-0.1, -0.05) is 18.2 Å². The Labute approximate surface area is 199 Å². The topological polar surface area (TPSA) is 121 Å². The second kappa shape index (κ2) is 8.72. The zero-order valence-corrected chi connectivity index (χ0v) is 19.5. The van der Waals surface area contributed by atoms with Crippen molar-refractivity contribution in [1.29, 1.82) is 0 Å². The van der Waals surface area contributed by atoms with Crippen LogP contribution in [0.3, 0.4) is 0 Å². The summed E-state index contributed by atoms with van der Waals surface area (Å²) in [5, 5.41) is 2.35. The fourth-order valence-corrected chi connectivity index (χ4v) is 5.18. The lowest BCUT2D eigenvalue weighted by Crippen LogP contribution is -2.52. The molecule has 1 aromatic heterocycles. The number of nitrogens with zero attached hydrogens (tertiary/aromatic N) is 2. The fourth-order valence-electron chi connectivity index (χ4n) is 4.72. The summed E-state index contributed by atoms with van der Waals surface area (Å²) in [4.78, 5) is 46.3. The number of nitrogens with one attached hydrogen (secondary N) is 2. The summed E-state index contributed by atoms with van der Waals surface area (Å²) in [6.07, 6.45) is 2.97. The number of hydrogen-bond acceptors (Lipinski definition) is 5. The Balaban J connectivity index is 1.26. The molecule has 4 N–H and O–H groups in total. The Kier molecular flexibility index (Phi) is 5.76. The van der Waals surface area contributed by atoms with Gasteiger partial charge in [-0.25, -0.2) is 4.98 Å². The maximum Gasteiger partial charge on any atom is 0.255 e. The van der Waals surface area contributed by atoms with Crippen molar-refractivity contribution in [3.8, 4) is 0 Å². The van der Waals surface area contributed by atoms with Crippen LogP contribution in [0.1, 0.15) is 59.0 Å². The lowest BCUT2D eigenvalue weighted by Gasteiger charge is -2.29. The maximum atomic E-state index is 13.0. The first kappa shape index (κ1) is 21.8. The molecule has 1 unspecified atom stereocenters. The molecule has 170 valence electrons. The molecule has 2 aliphatic rings. The molecule has 5 rings (SSSR count). The molecule has 0 radical (unpaired) electrons. The second-order valence-corrected chi connectivity index (χ2v) is 9.45. The van der Waals surface area contributed by atoms with Gasteiger partial charge in [0.05, 0.1) is 17.1 Å². The number of imidazole rings is 1. The summed E-state index contributed by atoms with van der Waals surface area (Å²) in [6, 6.07) is 10.8. The van der Waals surface area contributed by atoms with Crippen molar-refractivity contribution >= 4 is 44.7 Å². The number of hydrogen-bond donors (Lipinski definition) is 3. The number of H-pyrrole nitrogens is 1. The summed E-state index contributed by atoms with van der Waals surface area (Å²) < 4.78 is 0.955. The van der Waals surface area contributed by atoms with Gasteiger partial charge in [-0.05, 0) is 70.9 Å². The van der Waals surface area contributed by atoms with Crippen LogP contribution in [0.2, 0.25) is 0 Å². The molecule has 1 saturated heterocycles. The highest BCUT2D eigenvalue weighted by atomic mass is 79.9. The van der Waals surface area contributed by atoms with E-state index in [9.17, 15) is 14.4 Å². The van der Waals surface area contributed by atoms with Crippen molar-refractivity contribution in [2.45, 2.75) is 50.7 Å². The molecule has 0 bridgehead atoms. The molecule has 9 heteroatoms. The van der Waals surface area contributed by atoms with Crippen molar-refractivity contribution in [3.05, 3.63) is 63.4 Å². The van der Waals surface area contributed by atoms with Crippen molar-refractivity contribution in [1.82, 2.24) is 20.2 Å². The molecule has 2 atom stereocenters. The molecule has 0 aliphatic carbocycles. The van der Waals surface area contributed by atoms with E-state index in [1.165, 1.54) is 0 Å². The van der Waals surface area contributed by atoms with Crippen LogP contribution >= 0.6 is 15.9 Å². The lowest BCUT2D eigenvalue weighted by atomic mass is 9.97. The summed E-state index contributed by atoms with van der Waals surface area (Å²) in [5.74, 6) is -0.0630. The van der Waals surface area contributed by atoms with Crippen molar-refractivity contribution in [2.24, 2.45) is 5.73 Å². The number of nitrogens with two attached hydrogens (primary N) is 1. The predicted octanol–water partition coefficient (Wildman–Crippen LogP) is 3.11. The number of rotatable bonds is 6. The smallest absolute Gasteiger partial charge is 0.255 e. The minimum Gasteiger partial charge on any atom is -0.340 e. The standard InChI is InChI=1S/C24H24BrN5O3/c25-16-7-3-9-18-21(16)29-22(27-18)17(26)8-2-5-13-4-1-6-14-15(13)12-30(24(14)33)19-10-11-20(31)28-23(19)32/h1,3-4,6-7,9,17,19H,2,5,8,10-12,26H2,(H,27,29)(H,28,31,32)/t17-,19?/m0/s1. The normalized spacial score (nSPS) is 19.2. The molecule has 3 heterocycles. The van der Waals surface area contributed by atoms with E-state index >= 15 is 0 Å². The van der Waals surface area contributed by atoms with E-state index in [1.807, 2.05) is 36.4 Å². The van der Waals surface area contributed by atoms with Gasteiger partial charge in [0, 0.05) is 23.0 Å². The molecule has 3 aromatic rings. The quantitative estimate of drug-likeness (QED) is 0.440. The van der Waals surface area contributed by atoms with Gasteiger partial charge in [-0.2, -0.15) is 0 Å². The first-order valence-corrected chi connectivity index (χ1v) is 11.9. The zero-order valence-electron chi connectivity index (χ0n) is 17.9. The number of aryl methyl sites for hydroxylation is 1. The van der Waals surface area contributed by atoms with Crippen LogP contribution in [0.5, 0.6) is 0 Å². The van der Waals surface area contributed by atoms with Crippen molar-refractivity contribution in [3.63, 3.8) is 0 Å². The first-order valence-electron chi connectivity index (χ1n) is 11.1. The number of carbonyl (C=O) groups excluding carboxylic acids is 3. The van der Waals surface area contributed by atoms with Crippen LogP contribution in [0.4, 0.5) is 0 Å². The minimum absolute atomic E-state index is 0.147. The molecule has 2 aromatic carbocycles. The van der Waals surface area contributed by atoms with Gasteiger partial charge in [0.1, 0.15) is 11.9 Å². The lowest BCUT2D eigenvalue weighted by molar-refractivity contribution is -0.136. The molecule has 0 spiro atoms. The number of carbonyl (C=O) groups is 3. The Morgan fingerprint density at radius 3 is 2.79 bits per heavy atom. The van der Waals surface area contributed by atoms with Crippen molar-refractivity contribution in [2.75, 3.05) is 0 Å². The number of aromatic nitrogens is 2. The predicted molar refractivity (Wildman–Crippen MR) is 126 cm³/mol. The van der Waals surface area contributed by atoms with Gasteiger partial charge >= 0.3 is 0 Å². The molecule has 33 heavy (non-hydrogen) atoms. The van der Waals surface area contributed by atoms with Crippen LogP contribution in [0, 0.1) is 0 Å². The van der Waals surface area contributed by atoms with Gasteiger partial charge < -0.3 is 15.6 Å². The van der Waals surface area contributed by atoms with E-state index in [1.54, 1.807) is 4.90 Å². The monoisotopic (exact) mass is 509 g/mol. The number of benzene rings is 2. The van der Waals surface area contributed by atoms with E-state index < -0.39 is 11.9 Å². The van der Waals surface area contributed by atoms with E-state index in [-0.39, 0.29) is 24.3 Å². The first-order chi connectivity index (χ1) is 15.9. The molecule has 1 fully saturated rings. The average molecular weight is 510 g/mol. The largest absolute Gasteiger partial charge is 0.340 e. The molecule has 3 amide bonds. The van der Waals surface area contributed by atoms with Gasteiger partial charge in [-0.3, -0.25) is 19.7 Å². The molecule has 8 nitrogen and oxygen atoms in total. The minimum atomic E-state index is -0.601. The molecular weight excluding hydrogens is 486 g/mol. The number of aromatic amines is 1. The Hall–Kier alpha value is -3.04. The van der Waals surface area contributed by atoms with Gasteiger partial charge in [0.25, 0.3) is 5.91 Å². The molecule has 2 aliphatic heterocycles. The summed E-state index contributed by atoms with van der Waals surface area (Å²) >= 11 is 3.53. The average Bonchev–Trinajstić information content (AvgIpc) is 3.37. The number of piperidine rings is 1. The Morgan fingerprint density at radius 2 is 2.00 bits per heavy atom. The molecular formula is C24H24BrN5O3. The van der Waals surface area contributed by atoms with Crippen LogP contribution in [0.15, 0.2) is 40.9 Å². The van der Waals surface area contributed by atoms with Crippen LogP contribution in [-0.2, 0) is 22.6 Å². The van der Waals surface area contributed by atoms with Gasteiger partial charge in [-0.15, -0.1) is 0 Å². The summed E-state index contributed by atoms with van der Waals surface area (Å²) in [6.45, 7) is 0.389. The van der Waals surface area contributed by atoms with E-state index in [2.05, 4.69) is 31.2 Å². The third-order valence-corrected chi connectivity index (χ3v) is 7.14. The Morgan fingerprint density at radius 1 is 1.18 bits per heavy atom. The Bertz CT molecular complexity index is 1270. The van der Waals surface area contributed by atoms with Gasteiger partial charge in [0.2, 0.25) is 11.8 Å². The highest BCUT2D eigenvalue weighted by Gasteiger charge is 2.39. The van der Waals surface area contributed by atoms with E-state index in [0.717, 1.165) is 51.7 Å². The number of amides is 3. The third-order valence-electron chi connectivity index (χ3n) is 6.48. The summed E-state index contributed by atoms with van der Waals surface area (Å²) in [5.41, 5.74) is 10.9. The SMILES string of the molecule is N[C@@H](CCCc1cccc2c1CN(C1CCC(=O)NC1=O)C2=O)c1nc2cccc(Br)c2[nH]1. The van der Waals surface area contributed by atoms with E-state index in [4.69, 9.17) is 5.73 Å². The highest BCUT2D eigenvalue weighted by Crippen LogP contribution is 2.31. The number of fused-ring (bicyclic) bond motifs is 2. The second-order valence-electron chi connectivity index (χ2n) is 8.60. The van der Waals surface area contributed by atoms with Crippen LogP contribution in [0.25, 0.3) is 11.0 Å². The number of para-hydroxylation sites is 1. The fraction of sp³-hybridized carbons (Fsp3) is 0.333. The van der Waals surface area contributed by atoms with Crippen LogP contribution in [-0.4, -0.2) is 38.6 Å². The van der Waals surface area contributed by atoms with E-state index in [0.29, 0.717) is 18.5 Å². The zero-order chi connectivity index (χ0) is 23.1. The highest BCUT2D eigenvalue weighted by molar-refractivity contribution is 9.10. The number of imide groups is 1. The van der Waals surface area contributed by atoms with Crippen LogP contribution < -0.4 is 11.1 Å². The number of halogens is 1. The van der Waals surface area contributed by atoms with Crippen molar-refractivity contribution < 1.29 is 14.4 Å². The molecule has 0 saturated carbocycles. The maximum absolute atomic E-state index is 13.0. The summed E-state index contributed by atoms with van der Waals surface area (Å²) in [7, 11) is 0.